The van der Waals surface area contributed by atoms with Gasteiger partial charge in [-0.05, 0) is 11.5 Å². The molecule has 1 aromatic heterocycles. The smallest absolute Gasteiger partial charge is 0.185 e. The maximum atomic E-state index is 10.4. The number of β-amino-alcohol motifs (C(OH)–C–C–N with tert-alkyl or cyclic N) is 1. The first-order valence-corrected chi connectivity index (χ1v) is 9.83. The number of fused-ring (bicyclic) bond motifs is 1. The number of thiazole rings is 1. The highest BCUT2D eigenvalue weighted by Crippen LogP contribution is 2.25. The number of hydrogen-bond donors (Lipinski definition) is 1. The molecule has 2 aromatic carbocycles. The molecule has 26 heavy (non-hydrogen) atoms. The van der Waals surface area contributed by atoms with E-state index in [4.69, 9.17) is 4.74 Å². The van der Waals surface area contributed by atoms with Gasteiger partial charge in [0.2, 0.25) is 0 Å². The average molecular weight is 369 g/mol. The molecule has 1 N–H and O–H groups in total. The molecule has 1 unspecified atom stereocenters. The Labute approximate surface area is 157 Å². The van der Waals surface area contributed by atoms with E-state index >= 15 is 0 Å². The molecule has 1 fully saturated rings. The van der Waals surface area contributed by atoms with Crippen LogP contribution in [0.2, 0.25) is 0 Å². The Morgan fingerprint density at radius 1 is 1.08 bits per heavy atom. The van der Waals surface area contributed by atoms with Gasteiger partial charge in [0, 0.05) is 49.7 Å². The van der Waals surface area contributed by atoms with Gasteiger partial charge in [-0.25, -0.2) is 4.98 Å². The van der Waals surface area contributed by atoms with Crippen LogP contribution in [0, 0.1) is 0 Å². The first-order valence-electron chi connectivity index (χ1n) is 8.95. The van der Waals surface area contributed by atoms with Crippen molar-refractivity contribution in [2.24, 2.45) is 0 Å². The first-order chi connectivity index (χ1) is 12.8. The number of aliphatic hydroxyl groups excluding tert-OH is 1. The lowest BCUT2D eigenvalue weighted by atomic mass is 10.1. The number of piperazine rings is 1. The third-order valence-corrected chi connectivity index (χ3v) is 5.54. The third kappa shape index (κ3) is 3.98. The van der Waals surface area contributed by atoms with Crippen molar-refractivity contribution in [3.63, 3.8) is 0 Å². The summed E-state index contributed by atoms with van der Waals surface area (Å²) in [6, 6.07) is 14.2. The number of ether oxygens (including phenoxy) is 1. The predicted molar refractivity (Wildman–Crippen MR) is 106 cm³/mol. The third-order valence-electron chi connectivity index (χ3n) is 4.71. The van der Waals surface area contributed by atoms with Crippen molar-refractivity contribution in [1.82, 2.24) is 9.88 Å². The summed E-state index contributed by atoms with van der Waals surface area (Å²) in [4.78, 5) is 8.97. The molecule has 0 bridgehead atoms. The lowest BCUT2D eigenvalue weighted by molar-refractivity contribution is 0.0668. The van der Waals surface area contributed by atoms with Gasteiger partial charge in [0.25, 0.3) is 0 Å². The normalized spacial score (nSPS) is 16.7. The molecule has 0 spiro atoms. The molecule has 4 rings (SSSR count). The summed E-state index contributed by atoms with van der Waals surface area (Å²) in [5.41, 5.74) is 0. The van der Waals surface area contributed by atoms with E-state index in [9.17, 15) is 5.11 Å². The van der Waals surface area contributed by atoms with Crippen LogP contribution >= 0.6 is 11.3 Å². The topological polar surface area (TPSA) is 48.8 Å². The maximum Gasteiger partial charge on any atom is 0.185 e. The van der Waals surface area contributed by atoms with E-state index in [1.807, 2.05) is 35.8 Å². The molecular weight excluding hydrogens is 346 g/mol. The van der Waals surface area contributed by atoms with Crippen molar-refractivity contribution >= 4 is 27.2 Å². The summed E-state index contributed by atoms with van der Waals surface area (Å²) >= 11 is 1.68. The summed E-state index contributed by atoms with van der Waals surface area (Å²) in [5, 5.41) is 15.7. The van der Waals surface area contributed by atoms with Crippen molar-refractivity contribution in [1.29, 1.82) is 0 Å². The second-order valence-electron chi connectivity index (χ2n) is 6.54. The molecule has 0 radical (unpaired) electrons. The van der Waals surface area contributed by atoms with Gasteiger partial charge in [-0.2, -0.15) is 0 Å². The highest BCUT2D eigenvalue weighted by molar-refractivity contribution is 7.13. The van der Waals surface area contributed by atoms with Crippen molar-refractivity contribution in [2.75, 3.05) is 44.2 Å². The van der Waals surface area contributed by atoms with Crippen LogP contribution < -0.4 is 9.64 Å². The molecule has 2 heterocycles. The summed E-state index contributed by atoms with van der Waals surface area (Å²) in [6.07, 6.45) is 1.35. The monoisotopic (exact) mass is 369 g/mol. The Balaban J connectivity index is 1.27. The van der Waals surface area contributed by atoms with E-state index in [1.54, 1.807) is 11.3 Å². The minimum atomic E-state index is -0.500. The summed E-state index contributed by atoms with van der Waals surface area (Å²) in [7, 11) is 0. The van der Waals surface area contributed by atoms with Crippen LogP contribution in [0.1, 0.15) is 0 Å². The lowest BCUT2D eigenvalue weighted by Crippen LogP contribution is -2.49. The molecule has 0 aliphatic carbocycles. The fourth-order valence-corrected chi connectivity index (χ4v) is 4.05. The second-order valence-corrected chi connectivity index (χ2v) is 7.42. The quantitative estimate of drug-likeness (QED) is 0.724. The molecule has 1 aliphatic heterocycles. The van der Waals surface area contributed by atoms with Gasteiger partial charge in [-0.3, -0.25) is 4.90 Å². The van der Waals surface area contributed by atoms with Crippen LogP contribution in [0.4, 0.5) is 5.13 Å². The average Bonchev–Trinajstić information content (AvgIpc) is 3.22. The molecule has 6 heteroatoms. The molecule has 5 nitrogen and oxygen atoms in total. The van der Waals surface area contributed by atoms with Crippen LogP contribution in [0.15, 0.2) is 54.0 Å². The van der Waals surface area contributed by atoms with Crippen LogP contribution in [-0.2, 0) is 0 Å². The molecule has 1 aliphatic rings. The minimum absolute atomic E-state index is 0.306. The molecule has 0 saturated carbocycles. The van der Waals surface area contributed by atoms with Crippen molar-refractivity contribution in [2.45, 2.75) is 6.10 Å². The SMILES string of the molecule is OC(COc1cccc2ccccc12)CN1CCN(c2nccs2)CC1. The number of nitrogens with zero attached hydrogens (tertiary/aromatic N) is 3. The summed E-state index contributed by atoms with van der Waals surface area (Å²) in [6.45, 7) is 4.71. The Morgan fingerprint density at radius 3 is 2.69 bits per heavy atom. The fraction of sp³-hybridized carbons (Fsp3) is 0.350. The number of aliphatic hydroxyl groups is 1. The van der Waals surface area contributed by atoms with Gasteiger partial charge >= 0.3 is 0 Å². The standard InChI is InChI=1S/C20H23N3O2S/c24-17(14-22-9-11-23(12-10-22)20-21-8-13-26-20)15-25-19-7-3-5-16-4-1-2-6-18(16)19/h1-8,13,17,24H,9-12,14-15H2. The van der Waals surface area contributed by atoms with E-state index in [0.29, 0.717) is 13.2 Å². The number of benzene rings is 2. The number of hydrogen-bond acceptors (Lipinski definition) is 6. The highest BCUT2D eigenvalue weighted by Gasteiger charge is 2.20. The molecular formula is C20H23N3O2S. The Hall–Kier alpha value is -2.15. The Morgan fingerprint density at radius 2 is 1.88 bits per heavy atom. The molecule has 0 amide bonds. The van der Waals surface area contributed by atoms with Gasteiger partial charge in [-0.15, -0.1) is 11.3 Å². The summed E-state index contributed by atoms with van der Waals surface area (Å²) in [5.74, 6) is 0.829. The zero-order valence-corrected chi connectivity index (χ0v) is 15.4. The number of anilines is 1. The zero-order valence-electron chi connectivity index (χ0n) is 14.6. The van der Waals surface area contributed by atoms with Crippen LogP contribution in [0.25, 0.3) is 10.8 Å². The highest BCUT2D eigenvalue weighted by atomic mass is 32.1. The zero-order chi connectivity index (χ0) is 17.8. The van der Waals surface area contributed by atoms with E-state index in [-0.39, 0.29) is 0 Å². The van der Waals surface area contributed by atoms with Crippen LogP contribution in [0.3, 0.4) is 0 Å². The molecule has 3 aromatic rings. The van der Waals surface area contributed by atoms with E-state index in [1.165, 1.54) is 0 Å². The van der Waals surface area contributed by atoms with Gasteiger partial charge in [0.15, 0.2) is 5.13 Å². The maximum absolute atomic E-state index is 10.4. The minimum Gasteiger partial charge on any atom is -0.490 e. The van der Waals surface area contributed by atoms with Crippen LogP contribution in [0.5, 0.6) is 5.75 Å². The Bertz CT molecular complexity index is 827. The number of aromatic nitrogens is 1. The van der Waals surface area contributed by atoms with Gasteiger partial charge in [0.1, 0.15) is 18.5 Å². The van der Waals surface area contributed by atoms with Crippen LogP contribution in [-0.4, -0.2) is 60.4 Å². The predicted octanol–water partition coefficient (Wildman–Crippen LogP) is 2.86. The van der Waals surface area contributed by atoms with E-state index < -0.39 is 6.10 Å². The molecule has 1 atom stereocenters. The summed E-state index contributed by atoms with van der Waals surface area (Å²) < 4.78 is 5.91. The second kappa shape index (κ2) is 8.03. The van der Waals surface area contributed by atoms with Crippen molar-refractivity contribution < 1.29 is 9.84 Å². The van der Waals surface area contributed by atoms with Gasteiger partial charge in [-0.1, -0.05) is 36.4 Å². The van der Waals surface area contributed by atoms with Gasteiger partial charge < -0.3 is 14.7 Å². The fourth-order valence-electron chi connectivity index (χ4n) is 3.35. The largest absolute Gasteiger partial charge is 0.490 e. The lowest BCUT2D eigenvalue weighted by Gasteiger charge is -2.35. The van der Waals surface area contributed by atoms with Crippen molar-refractivity contribution in [3.05, 3.63) is 54.0 Å². The molecule has 136 valence electrons. The number of rotatable bonds is 6. The van der Waals surface area contributed by atoms with E-state index in [0.717, 1.165) is 47.8 Å². The first kappa shape index (κ1) is 17.3. The van der Waals surface area contributed by atoms with Gasteiger partial charge in [0.05, 0.1) is 0 Å². The Kier molecular flexibility index (Phi) is 5.34. The van der Waals surface area contributed by atoms with Crippen molar-refractivity contribution in [3.8, 4) is 5.75 Å². The van der Waals surface area contributed by atoms with E-state index in [2.05, 4.69) is 33.0 Å². The molecule has 1 saturated heterocycles.